The summed E-state index contributed by atoms with van der Waals surface area (Å²) in [5.74, 6) is -0.203. The fraction of sp³-hybridized carbons (Fsp3) is 0.842. The number of aliphatic hydroxyl groups is 1. The number of likely N-dealkylation sites (N-methyl/N-ethyl adjacent to an activating group) is 1. The lowest BCUT2D eigenvalue weighted by Gasteiger charge is -2.29. The van der Waals surface area contributed by atoms with Gasteiger partial charge in [-0.2, -0.15) is 0 Å². The molecule has 9 heteroatoms. The second-order valence-electron chi connectivity index (χ2n) is 20.3. The van der Waals surface area contributed by atoms with Crippen molar-refractivity contribution in [2.75, 3.05) is 40.9 Å². The van der Waals surface area contributed by atoms with Gasteiger partial charge in [-0.15, -0.1) is 0 Å². The lowest BCUT2D eigenvalue weighted by Crippen LogP contribution is -2.45. The van der Waals surface area contributed by atoms with Gasteiger partial charge in [0.25, 0.3) is 7.82 Å². The molecule has 0 saturated heterocycles. The number of carbonyl (C=O) groups excluding carboxylic acids is 1. The maximum absolute atomic E-state index is 13.0. The second kappa shape index (κ2) is 48.5. The van der Waals surface area contributed by atoms with E-state index < -0.39 is 20.0 Å². The van der Waals surface area contributed by atoms with E-state index in [1.54, 1.807) is 6.08 Å². The first-order chi connectivity index (χ1) is 32.0. The van der Waals surface area contributed by atoms with Crippen LogP contribution in [0.2, 0.25) is 0 Å². The van der Waals surface area contributed by atoms with Crippen molar-refractivity contribution in [3.63, 3.8) is 0 Å². The van der Waals surface area contributed by atoms with Crippen molar-refractivity contribution in [1.82, 2.24) is 5.32 Å². The monoisotopic (exact) mass is 949 g/mol. The largest absolute Gasteiger partial charge is 0.756 e. The lowest BCUT2D eigenvalue weighted by molar-refractivity contribution is -0.870. The zero-order chi connectivity index (χ0) is 48.5. The maximum atomic E-state index is 13.0. The van der Waals surface area contributed by atoms with Crippen molar-refractivity contribution in [2.45, 2.75) is 270 Å². The van der Waals surface area contributed by atoms with Crippen LogP contribution in [0.3, 0.4) is 0 Å². The zero-order valence-corrected chi connectivity index (χ0v) is 45.0. The number of rotatable bonds is 51. The maximum Gasteiger partial charge on any atom is 0.268 e. The van der Waals surface area contributed by atoms with Crippen LogP contribution in [0.15, 0.2) is 48.6 Å². The smallest absolute Gasteiger partial charge is 0.268 e. The van der Waals surface area contributed by atoms with Crippen LogP contribution in [0.1, 0.15) is 258 Å². The number of allylic oxidation sites excluding steroid dienone is 7. The number of aliphatic hydroxyl groups excluding tert-OH is 1. The minimum atomic E-state index is -4.60. The summed E-state index contributed by atoms with van der Waals surface area (Å²) in [5, 5.41) is 13.9. The first-order valence-corrected chi connectivity index (χ1v) is 29.5. The number of nitrogens with zero attached hydrogens (tertiary/aromatic N) is 1. The fourth-order valence-corrected chi connectivity index (χ4v) is 8.83. The topological polar surface area (TPSA) is 108 Å². The Kier molecular flexibility index (Phi) is 47.4. The number of phosphoric ester groups is 1. The van der Waals surface area contributed by atoms with Crippen molar-refractivity contribution in [1.29, 1.82) is 0 Å². The molecular weight excluding hydrogens is 840 g/mol. The molecule has 0 bridgehead atoms. The Balaban J connectivity index is 4.27. The van der Waals surface area contributed by atoms with Crippen LogP contribution in [0, 0.1) is 0 Å². The summed E-state index contributed by atoms with van der Waals surface area (Å²) in [5.41, 5.74) is 0. The molecule has 0 rings (SSSR count). The van der Waals surface area contributed by atoms with Gasteiger partial charge in [-0.1, -0.05) is 242 Å². The minimum absolute atomic E-state index is 0.00344. The summed E-state index contributed by atoms with van der Waals surface area (Å²) in [4.78, 5) is 25.5. The van der Waals surface area contributed by atoms with Crippen LogP contribution >= 0.6 is 7.82 Å². The molecular formula is C57H109N2O6P. The highest BCUT2D eigenvalue weighted by Gasteiger charge is 2.23. The molecule has 0 aromatic carbocycles. The van der Waals surface area contributed by atoms with E-state index in [4.69, 9.17) is 9.05 Å². The molecule has 0 radical (unpaired) electrons. The Bertz CT molecular complexity index is 1210. The van der Waals surface area contributed by atoms with Gasteiger partial charge < -0.3 is 28.8 Å². The molecule has 0 aliphatic rings. The van der Waals surface area contributed by atoms with Crippen molar-refractivity contribution in [3.05, 3.63) is 48.6 Å². The standard InChI is InChI=1S/C57H109N2O6P/c1-6-8-10-12-14-16-18-20-22-24-26-28-29-31-33-35-37-39-41-43-45-47-49-51-57(61)58-55(54-65-66(62,63)64-53-52-59(3,4)5)56(60)50-48-46-44-42-40-38-36-34-32-30-27-25-23-21-19-17-15-13-11-9-7-2/h18,20,24,26,29,31,48,50,55-56,60H,6-17,19,21-23,25,27-28,30,32-47,49,51-54H2,1-5H3,(H-,58,61,62,63)/b20-18-,26-24-,31-29-,50-48+. The fourth-order valence-electron chi connectivity index (χ4n) is 8.10. The predicted octanol–water partition coefficient (Wildman–Crippen LogP) is 16.1. The molecule has 0 aliphatic heterocycles. The van der Waals surface area contributed by atoms with E-state index >= 15 is 0 Å². The Morgan fingerprint density at radius 3 is 1.27 bits per heavy atom. The number of unbranched alkanes of at least 4 members (excludes halogenated alkanes) is 32. The molecule has 1 amide bonds. The van der Waals surface area contributed by atoms with E-state index in [2.05, 4.69) is 55.6 Å². The first-order valence-electron chi connectivity index (χ1n) is 28.0. The van der Waals surface area contributed by atoms with Gasteiger partial charge in [-0.25, -0.2) is 0 Å². The number of carbonyl (C=O) groups is 1. The SMILES string of the molecule is CCCCCCC/C=C\C/C=C\C/C=C\CCCCCCCCCCC(=O)NC(COP(=O)([O-])OCC[N+](C)(C)C)C(O)/C=C/CCCCCCCCCCCCCCCCCCCCC. The summed E-state index contributed by atoms with van der Waals surface area (Å²) < 4.78 is 23.3. The minimum Gasteiger partial charge on any atom is -0.756 e. The van der Waals surface area contributed by atoms with Crippen LogP contribution in [0.25, 0.3) is 0 Å². The molecule has 8 nitrogen and oxygen atoms in total. The highest BCUT2D eigenvalue weighted by Crippen LogP contribution is 2.38. The van der Waals surface area contributed by atoms with E-state index in [0.717, 1.165) is 57.8 Å². The Morgan fingerprint density at radius 2 is 0.879 bits per heavy atom. The van der Waals surface area contributed by atoms with Crippen LogP contribution in [-0.4, -0.2) is 68.5 Å². The molecule has 0 aliphatic carbocycles. The molecule has 0 aromatic rings. The normalized spacial score (nSPS) is 14.3. The van der Waals surface area contributed by atoms with Gasteiger partial charge in [-0.05, 0) is 57.8 Å². The number of quaternary nitrogens is 1. The van der Waals surface area contributed by atoms with Gasteiger partial charge in [0.05, 0.1) is 39.9 Å². The van der Waals surface area contributed by atoms with Crippen LogP contribution in [-0.2, 0) is 18.4 Å². The molecule has 0 fully saturated rings. The quantitative estimate of drug-likeness (QED) is 0.0272. The van der Waals surface area contributed by atoms with E-state index in [-0.39, 0.29) is 19.1 Å². The van der Waals surface area contributed by atoms with Gasteiger partial charge in [0.2, 0.25) is 5.91 Å². The molecule has 66 heavy (non-hydrogen) atoms. The third kappa shape index (κ3) is 50.3. The van der Waals surface area contributed by atoms with E-state index in [9.17, 15) is 19.4 Å². The number of nitrogens with one attached hydrogen (secondary N) is 1. The molecule has 3 atom stereocenters. The van der Waals surface area contributed by atoms with Crippen molar-refractivity contribution in [2.24, 2.45) is 0 Å². The number of hydrogen-bond donors (Lipinski definition) is 2. The van der Waals surface area contributed by atoms with Gasteiger partial charge in [0, 0.05) is 6.42 Å². The Hall–Kier alpha value is -1.54. The summed E-state index contributed by atoms with van der Waals surface area (Å²) in [6, 6.07) is -0.892. The first kappa shape index (κ1) is 64.5. The molecule has 3 unspecified atom stereocenters. The molecule has 0 saturated carbocycles. The van der Waals surface area contributed by atoms with Gasteiger partial charge >= 0.3 is 0 Å². The van der Waals surface area contributed by atoms with Crippen molar-refractivity contribution < 1.29 is 32.9 Å². The van der Waals surface area contributed by atoms with Gasteiger partial charge in [0.15, 0.2) is 0 Å². The Morgan fingerprint density at radius 1 is 0.530 bits per heavy atom. The molecule has 0 aromatic heterocycles. The molecule has 388 valence electrons. The second-order valence-corrected chi connectivity index (χ2v) is 21.7. The number of amides is 1. The van der Waals surface area contributed by atoms with Crippen LogP contribution < -0.4 is 10.2 Å². The summed E-state index contributed by atoms with van der Waals surface area (Å²) >= 11 is 0. The lowest BCUT2D eigenvalue weighted by atomic mass is 10.0. The number of hydrogen-bond acceptors (Lipinski definition) is 6. The molecule has 2 N–H and O–H groups in total. The van der Waals surface area contributed by atoms with Gasteiger partial charge in [0.1, 0.15) is 13.2 Å². The predicted molar refractivity (Wildman–Crippen MR) is 284 cm³/mol. The van der Waals surface area contributed by atoms with Crippen LogP contribution in [0.5, 0.6) is 0 Å². The van der Waals surface area contributed by atoms with Crippen molar-refractivity contribution >= 4 is 13.7 Å². The average molecular weight is 949 g/mol. The van der Waals surface area contributed by atoms with E-state index in [1.807, 2.05) is 27.2 Å². The van der Waals surface area contributed by atoms with Gasteiger partial charge in [-0.3, -0.25) is 9.36 Å². The summed E-state index contributed by atoms with van der Waals surface area (Å²) in [6.07, 6.45) is 63.1. The van der Waals surface area contributed by atoms with Crippen LogP contribution in [0.4, 0.5) is 0 Å². The zero-order valence-electron chi connectivity index (χ0n) is 44.1. The average Bonchev–Trinajstić information content (AvgIpc) is 3.28. The van der Waals surface area contributed by atoms with E-state index in [0.29, 0.717) is 17.4 Å². The Labute approximate surface area is 409 Å². The highest BCUT2D eigenvalue weighted by molar-refractivity contribution is 7.45. The van der Waals surface area contributed by atoms with Crippen molar-refractivity contribution in [3.8, 4) is 0 Å². The third-order valence-corrected chi connectivity index (χ3v) is 13.5. The highest BCUT2D eigenvalue weighted by atomic mass is 31.2. The van der Waals surface area contributed by atoms with E-state index in [1.165, 1.54) is 180 Å². The number of phosphoric acid groups is 1. The third-order valence-electron chi connectivity index (χ3n) is 12.5. The summed E-state index contributed by atoms with van der Waals surface area (Å²) in [6.45, 7) is 4.65. The molecule has 0 heterocycles. The summed E-state index contributed by atoms with van der Waals surface area (Å²) in [7, 11) is 1.26. The molecule has 0 spiro atoms.